The molecule has 0 unspecified atom stereocenters. The molecule has 6 heteroatoms. The molecular formula is C18H25N3O2S. The molecule has 0 amide bonds. The van der Waals surface area contributed by atoms with Gasteiger partial charge < -0.3 is 10.5 Å². The summed E-state index contributed by atoms with van der Waals surface area (Å²) in [6, 6.07) is 2.18. The number of anilines is 1. The molecule has 1 saturated heterocycles. The van der Waals surface area contributed by atoms with Gasteiger partial charge in [0, 0.05) is 18.7 Å². The molecule has 3 rings (SSSR count). The van der Waals surface area contributed by atoms with Crippen molar-refractivity contribution in [1.82, 2.24) is 4.90 Å². The number of carbonyl (C=O) groups is 1. The number of nitrogens with two attached hydrogens (primary N) is 1. The predicted octanol–water partition coefficient (Wildman–Crippen LogP) is 3.39. The zero-order chi connectivity index (χ0) is 17.1. The van der Waals surface area contributed by atoms with Gasteiger partial charge in [0.05, 0.1) is 12.2 Å². The topological polar surface area (TPSA) is 79.3 Å². The van der Waals surface area contributed by atoms with Crippen LogP contribution in [0.5, 0.6) is 0 Å². The number of esters is 1. The van der Waals surface area contributed by atoms with E-state index < -0.39 is 0 Å². The summed E-state index contributed by atoms with van der Waals surface area (Å²) in [4.78, 5) is 15.1. The number of rotatable bonds is 4. The number of piperidine rings is 1. The second-order valence-electron chi connectivity index (χ2n) is 6.81. The van der Waals surface area contributed by atoms with E-state index in [1.807, 2.05) is 0 Å². The highest BCUT2D eigenvalue weighted by molar-refractivity contribution is 7.18. The van der Waals surface area contributed by atoms with Crippen molar-refractivity contribution in [2.24, 2.45) is 11.8 Å². The van der Waals surface area contributed by atoms with Crippen molar-refractivity contribution < 1.29 is 9.53 Å². The number of likely N-dealkylation sites (tertiary alicyclic amines) is 1. The second kappa shape index (κ2) is 7.54. The van der Waals surface area contributed by atoms with Crippen LogP contribution in [0.3, 0.4) is 0 Å². The minimum atomic E-state index is -0.363. The molecule has 1 aliphatic carbocycles. The number of hydrogen-bond donors (Lipinski definition) is 1. The van der Waals surface area contributed by atoms with Crippen molar-refractivity contribution >= 4 is 22.3 Å². The summed E-state index contributed by atoms with van der Waals surface area (Å²) < 4.78 is 5.14. The van der Waals surface area contributed by atoms with Crippen molar-refractivity contribution in [2.75, 3.05) is 25.4 Å². The largest absolute Gasteiger partial charge is 0.462 e. The Bertz CT molecular complexity index is 649. The summed E-state index contributed by atoms with van der Waals surface area (Å²) in [5.74, 6) is 1.26. The van der Waals surface area contributed by atoms with Gasteiger partial charge in [-0.25, -0.2) is 4.79 Å². The third kappa shape index (κ3) is 3.42. The monoisotopic (exact) mass is 347 g/mol. The highest BCUT2D eigenvalue weighted by Gasteiger charge is 2.32. The molecule has 2 atom stereocenters. The van der Waals surface area contributed by atoms with E-state index in [-0.39, 0.29) is 5.97 Å². The molecule has 2 aliphatic rings. The average Bonchev–Trinajstić information content (AvgIpc) is 2.90. The lowest BCUT2D eigenvalue weighted by Gasteiger charge is -2.41. The first-order valence-electron chi connectivity index (χ1n) is 8.84. The Kier molecular flexibility index (Phi) is 5.42. The first-order valence-corrected chi connectivity index (χ1v) is 9.66. The number of thiophene rings is 1. The van der Waals surface area contributed by atoms with E-state index in [0.717, 1.165) is 30.5 Å². The zero-order valence-corrected chi connectivity index (χ0v) is 15.0. The molecule has 0 bridgehead atoms. The summed E-state index contributed by atoms with van der Waals surface area (Å²) in [7, 11) is 0. The summed E-state index contributed by atoms with van der Waals surface area (Å²) in [5.41, 5.74) is 7.18. The van der Waals surface area contributed by atoms with Crippen LogP contribution in [0.2, 0.25) is 0 Å². The SMILES string of the molecule is CCOC(=O)c1sc(N)c(C#N)c1CN1CC[C@@H]2CCCC[C@@H]2C1. The molecule has 1 aromatic heterocycles. The number of nitrogens with zero attached hydrogens (tertiary/aromatic N) is 2. The highest BCUT2D eigenvalue weighted by atomic mass is 32.1. The molecule has 1 aliphatic heterocycles. The minimum absolute atomic E-state index is 0.325. The second-order valence-corrected chi connectivity index (χ2v) is 7.86. The van der Waals surface area contributed by atoms with Crippen LogP contribution in [-0.2, 0) is 11.3 Å². The summed E-state index contributed by atoms with van der Waals surface area (Å²) in [6.45, 7) is 4.82. The first-order chi connectivity index (χ1) is 11.6. The molecule has 1 saturated carbocycles. The number of carbonyl (C=O) groups excluding carboxylic acids is 1. The van der Waals surface area contributed by atoms with E-state index in [1.165, 1.54) is 43.4 Å². The van der Waals surface area contributed by atoms with E-state index in [9.17, 15) is 10.1 Å². The maximum absolute atomic E-state index is 12.2. The lowest BCUT2D eigenvalue weighted by molar-refractivity contribution is 0.0526. The molecule has 0 aromatic carbocycles. The van der Waals surface area contributed by atoms with Gasteiger partial charge in [-0.2, -0.15) is 5.26 Å². The van der Waals surface area contributed by atoms with Gasteiger partial charge in [0.15, 0.2) is 0 Å². The Hall–Kier alpha value is -1.58. The number of nitriles is 1. The lowest BCUT2D eigenvalue weighted by Crippen LogP contribution is -2.41. The van der Waals surface area contributed by atoms with E-state index >= 15 is 0 Å². The Balaban J connectivity index is 1.79. The zero-order valence-electron chi connectivity index (χ0n) is 14.2. The molecule has 0 spiro atoms. The normalized spacial score (nSPS) is 24.2. The van der Waals surface area contributed by atoms with Crippen LogP contribution in [0.25, 0.3) is 0 Å². The molecule has 1 aromatic rings. The number of nitrogen functional groups attached to an aromatic ring is 1. The van der Waals surface area contributed by atoms with Gasteiger partial charge in [-0.15, -0.1) is 11.3 Å². The van der Waals surface area contributed by atoms with Gasteiger partial charge in [-0.3, -0.25) is 4.90 Å². The van der Waals surface area contributed by atoms with Crippen molar-refractivity contribution in [2.45, 2.75) is 45.6 Å². The van der Waals surface area contributed by atoms with Gasteiger partial charge >= 0.3 is 5.97 Å². The maximum atomic E-state index is 12.2. The summed E-state index contributed by atoms with van der Waals surface area (Å²) >= 11 is 1.18. The highest BCUT2D eigenvalue weighted by Crippen LogP contribution is 2.38. The fraction of sp³-hybridized carbons (Fsp3) is 0.667. The first kappa shape index (κ1) is 17.2. The number of ether oxygens (including phenoxy) is 1. The Morgan fingerprint density at radius 3 is 2.83 bits per heavy atom. The molecule has 2 fully saturated rings. The number of hydrogen-bond acceptors (Lipinski definition) is 6. The predicted molar refractivity (Wildman–Crippen MR) is 94.7 cm³/mol. The fourth-order valence-corrected chi connectivity index (χ4v) is 5.09. The van der Waals surface area contributed by atoms with E-state index in [1.54, 1.807) is 6.92 Å². The van der Waals surface area contributed by atoms with Gasteiger partial charge in [0.1, 0.15) is 15.9 Å². The number of fused-ring (bicyclic) bond motifs is 1. The smallest absolute Gasteiger partial charge is 0.348 e. The molecular weight excluding hydrogens is 322 g/mol. The van der Waals surface area contributed by atoms with Crippen molar-refractivity contribution in [3.63, 3.8) is 0 Å². The van der Waals surface area contributed by atoms with Crippen molar-refractivity contribution in [3.8, 4) is 6.07 Å². The van der Waals surface area contributed by atoms with Gasteiger partial charge in [-0.1, -0.05) is 19.3 Å². The standard InChI is InChI=1S/C18H25N3O2S/c1-2-23-18(22)16-15(14(9-19)17(20)24-16)11-21-8-7-12-5-3-4-6-13(12)10-21/h12-13H,2-8,10-11,20H2,1H3/t12-,13+/m0/s1. The summed E-state index contributed by atoms with van der Waals surface area (Å²) in [6.07, 6.45) is 6.59. The van der Waals surface area contributed by atoms with Gasteiger partial charge in [0.2, 0.25) is 0 Å². The molecule has 2 N–H and O–H groups in total. The third-order valence-corrected chi connectivity index (χ3v) is 6.41. The fourth-order valence-electron chi connectivity index (χ4n) is 4.16. The minimum Gasteiger partial charge on any atom is -0.462 e. The van der Waals surface area contributed by atoms with Crippen LogP contribution in [-0.4, -0.2) is 30.6 Å². The molecule has 130 valence electrons. The van der Waals surface area contributed by atoms with E-state index in [4.69, 9.17) is 10.5 Å². The summed E-state index contributed by atoms with van der Waals surface area (Å²) in [5, 5.41) is 9.87. The maximum Gasteiger partial charge on any atom is 0.348 e. The quantitative estimate of drug-likeness (QED) is 0.845. The van der Waals surface area contributed by atoms with Crippen LogP contribution in [0.1, 0.15) is 59.8 Å². The Labute approximate surface area is 147 Å². The van der Waals surface area contributed by atoms with Crippen molar-refractivity contribution in [3.05, 3.63) is 16.0 Å². The van der Waals surface area contributed by atoms with E-state index in [0.29, 0.717) is 28.6 Å². The van der Waals surface area contributed by atoms with Gasteiger partial charge in [-0.05, 0) is 38.1 Å². The Morgan fingerprint density at radius 2 is 2.12 bits per heavy atom. The van der Waals surface area contributed by atoms with E-state index in [2.05, 4.69) is 11.0 Å². The molecule has 2 heterocycles. The Morgan fingerprint density at radius 1 is 1.38 bits per heavy atom. The molecule has 24 heavy (non-hydrogen) atoms. The van der Waals surface area contributed by atoms with Crippen LogP contribution >= 0.6 is 11.3 Å². The molecule has 5 nitrogen and oxygen atoms in total. The van der Waals surface area contributed by atoms with Crippen LogP contribution in [0, 0.1) is 23.2 Å². The van der Waals surface area contributed by atoms with Crippen LogP contribution < -0.4 is 5.73 Å². The third-order valence-electron chi connectivity index (χ3n) is 5.36. The van der Waals surface area contributed by atoms with Crippen LogP contribution in [0.15, 0.2) is 0 Å². The average molecular weight is 347 g/mol. The van der Waals surface area contributed by atoms with Gasteiger partial charge in [0.25, 0.3) is 0 Å². The van der Waals surface area contributed by atoms with Crippen LogP contribution in [0.4, 0.5) is 5.00 Å². The molecule has 0 radical (unpaired) electrons. The lowest BCUT2D eigenvalue weighted by atomic mass is 9.75. The van der Waals surface area contributed by atoms with Crippen molar-refractivity contribution in [1.29, 1.82) is 5.26 Å².